The Morgan fingerprint density at radius 2 is 2.00 bits per heavy atom. The van der Waals surface area contributed by atoms with Crippen LogP contribution in [0.25, 0.3) is 11.4 Å². The molecule has 1 amide bonds. The van der Waals surface area contributed by atoms with E-state index in [0.29, 0.717) is 18.1 Å². The minimum atomic E-state index is -0.327. The molecule has 0 radical (unpaired) electrons. The largest absolute Gasteiger partial charge is 0.344 e. The van der Waals surface area contributed by atoms with Crippen molar-refractivity contribution in [1.29, 1.82) is 0 Å². The van der Waals surface area contributed by atoms with Crippen molar-refractivity contribution >= 4 is 5.91 Å². The third kappa shape index (κ3) is 4.08. The van der Waals surface area contributed by atoms with Gasteiger partial charge in [-0.2, -0.15) is 4.98 Å². The van der Waals surface area contributed by atoms with E-state index in [4.69, 9.17) is 4.52 Å². The summed E-state index contributed by atoms with van der Waals surface area (Å²) >= 11 is 0. The molecule has 0 spiro atoms. The highest BCUT2D eigenvalue weighted by molar-refractivity contribution is 5.79. The second-order valence-corrected chi connectivity index (χ2v) is 7.20. The van der Waals surface area contributed by atoms with Crippen molar-refractivity contribution in [1.82, 2.24) is 15.5 Å². The molecule has 1 aromatic heterocycles. The number of aryl methyl sites for hydroxylation is 1. The Morgan fingerprint density at radius 1 is 1.19 bits per heavy atom. The molecule has 4 rings (SSSR count). The molecule has 0 aliphatic heterocycles. The minimum Gasteiger partial charge on any atom is -0.344 e. The first-order valence-electron chi connectivity index (χ1n) is 9.44. The molecule has 2 aromatic carbocycles. The highest BCUT2D eigenvalue weighted by Gasteiger charge is 2.29. The van der Waals surface area contributed by atoms with E-state index in [1.165, 1.54) is 0 Å². The fourth-order valence-corrected chi connectivity index (χ4v) is 3.29. The summed E-state index contributed by atoms with van der Waals surface area (Å²) < 4.78 is 5.55. The molecule has 27 heavy (non-hydrogen) atoms. The highest BCUT2D eigenvalue weighted by atomic mass is 16.5. The van der Waals surface area contributed by atoms with Gasteiger partial charge in [-0.3, -0.25) is 4.79 Å². The molecule has 1 heterocycles. The molecule has 0 unspecified atom stereocenters. The van der Waals surface area contributed by atoms with Gasteiger partial charge in [0.05, 0.1) is 0 Å². The number of nitrogens with one attached hydrogen (secondary N) is 1. The number of carbonyl (C=O) groups excluding carboxylic acids is 1. The Balaban J connectivity index is 1.58. The summed E-state index contributed by atoms with van der Waals surface area (Å²) in [5, 5.41) is 7.26. The van der Waals surface area contributed by atoms with Gasteiger partial charge in [-0.15, -0.1) is 0 Å². The van der Waals surface area contributed by atoms with Gasteiger partial charge in [0.15, 0.2) is 0 Å². The van der Waals surface area contributed by atoms with Crippen molar-refractivity contribution < 1.29 is 9.32 Å². The standard InChI is InChI=1S/C22H23N3O2/c1-15-7-5-12-18(13-15)20-24-22(27-25-20)19(14-16-8-3-2-4-9-16)23-21(26)17-10-6-11-17/h2-5,7-9,12-13,17,19H,6,10-11,14H2,1H3,(H,23,26)/t19-/m1/s1. The number of rotatable bonds is 6. The zero-order chi connectivity index (χ0) is 18.6. The minimum absolute atomic E-state index is 0.0810. The van der Waals surface area contributed by atoms with Gasteiger partial charge in [0.1, 0.15) is 6.04 Å². The van der Waals surface area contributed by atoms with Crippen LogP contribution in [0.15, 0.2) is 59.1 Å². The highest BCUT2D eigenvalue weighted by Crippen LogP contribution is 2.28. The van der Waals surface area contributed by atoms with Crippen LogP contribution in [0, 0.1) is 12.8 Å². The summed E-state index contributed by atoms with van der Waals surface area (Å²) in [6.07, 6.45) is 3.67. The molecule has 1 aliphatic rings. The first-order chi connectivity index (χ1) is 13.2. The third-order valence-electron chi connectivity index (χ3n) is 5.09. The number of hydrogen-bond donors (Lipinski definition) is 1. The number of aromatic nitrogens is 2. The average Bonchev–Trinajstić information content (AvgIpc) is 3.11. The van der Waals surface area contributed by atoms with Crippen LogP contribution in [0.1, 0.15) is 42.3 Å². The maximum Gasteiger partial charge on any atom is 0.249 e. The maximum absolute atomic E-state index is 12.5. The summed E-state index contributed by atoms with van der Waals surface area (Å²) in [6.45, 7) is 2.03. The lowest BCUT2D eigenvalue weighted by Gasteiger charge is -2.26. The van der Waals surface area contributed by atoms with Crippen molar-refractivity contribution in [3.8, 4) is 11.4 Å². The van der Waals surface area contributed by atoms with E-state index in [1.807, 2.05) is 61.5 Å². The maximum atomic E-state index is 12.5. The Labute approximate surface area is 158 Å². The van der Waals surface area contributed by atoms with Crippen LogP contribution in [-0.4, -0.2) is 16.0 Å². The van der Waals surface area contributed by atoms with Gasteiger partial charge in [0.2, 0.25) is 17.6 Å². The van der Waals surface area contributed by atoms with Crippen LogP contribution in [0.2, 0.25) is 0 Å². The molecule has 5 heteroatoms. The molecule has 0 bridgehead atoms. The molecule has 1 saturated carbocycles. The predicted octanol–water partition coefficient (Wildman–Crippen LogP) is 4.25. The first kappa shape index (κ1) is 17.5. The van der Waals surface area contributed by atoms with Gasteiger partial charge in [0, 0.05) is 17.9 Å². The lowest BCUT2D eigenvalue weighted by atomic mass is 9.84. The van der Waals surface area contributed by atoms with Crippen LogP contribution in [0.4, 0.5) is 0 Å². The fourth-order valence-electron chi connectivity index (χ4n) is 3.29. The van der Waals surface area contributed by atoms with E-state index in [0.717, 1.165) is 36.0 Å². The van der Waals surface area contributed by atoms with Crippen LogP contribution >= 0.6 is 0 Å². The molecule has 1 aliphatic carbocycles. The summed E-state index contributed by atoms with van der Waals surface area (Å²) in [5.74, 6) is 1.19. The van der Waals surface area contributed by atoms with Crippen molar-refractivity contribution in [2.24, 2.45) is 5.92 Å². The van der Waals surface area contributed by atoms with Gasteiger partial charge < -0.3 is 9.84 Å². The molecule has 0 saturated heterocycles. The van der Waals surface area contributed by atoms with E-state index < -0.39 is 0 Å². The van der Waals surface area contributed by atoms with Crippen molar-refractivity contribution in [3.05, 3.63) is 71.6 Å². The molecule has 3 aromatic rings. The fraction of sp³-hybridized carbons (Fsp3) is 0.318. The average molecular weight is 361 g/mol. The number of nitrogens with zero attached hydrogens (tertiary/aromatic N) is 2. The zero-order valence-electron chi connectivity index (χ0n) is 15.4. The monoisotopic (exact) mass is 361 g/mol. The van der Waals surface area contributed by atoms with E-state index >= 15 is 0 Å². The summed E-state index contributed by atoms with van der Waals surface area (Å²) in [5.41, 5.74) is 3.17. The molecule has 1 atom stereocenters. The normalized spacial score (nSPS) is 15.1. The van der Waals surface area contributed by atoms with E-state index in [9.17, 15) is 4.79 Å². The number of amides is 1. The summed E-state index contributed by atoms with van der Waals surface area (Å²) in [6, 6.07) is 17.7. The van der Waals surface area contributed by atoms with Gasteiger partial charge in [-0.1, -0.05) is 65.7 Å². The van der Waals surface area contributed by atoms with E-state index in [-0.39, 0.29) is 17.9 Å². The van der Waals surface area contributed by atoms with Crippen LogP contribution in [-0.2, 0) is 11.2 Å². The van der Waals surface area contributed by atoms with Gasteiger partial charge in [-0.05, 0) is 31.4 Å². The zero-order valence-corrected chi connectivity index (χ0v) is 15.4. The quantitative estimate of drug-likeness (QED) is 0.713. The topological polar surface area (TPSA) is 68.0 Å². The third-order valence-corrected chi connectivity index (χ3v) is 5.09. The van der Waals surface area contributed by atoms with E-state index in [2.05, 4.69) is 15.5 Å². The van der Waals surface area contributed by atoms with Crippen LogP contribution in [0.3, 0.4) is 0 Å². The molecular formula is C22H23N3O2. The summed E-state index contributed by atoms with van der Waals surface area (Å²) in [4.78, 5) is 17.1. The number of carbonyl (C=O) groups is 1. The van der Waals surface area contributed by atoms with Crippen molar-refractivity contribution in [2.45, 2.75) is 38.6 Å². The number of benzene rings is 2. The Bertz CT molecular complexity index is 916. The first-order valence-corrected chi connectivity index (χ1v) is 9.44. The second-order valence-electron chi connectivity index (χ2n) is 7.20. The molecular weight excluding hydrogens is 338 g/mol. The Morgan fingerprint density at radius 3 is 2.70 bits per heavy atom. The van der Waals surface area contributed by atoms with Crippen molar-refractivity contribution in [2.75, 3.05) is 0 Å². The molecule has 138 valence electrons. The second kappa shape index (κ2) is 7.74. The lowest BCUT2D eigenvalue weighted by molar-refractivity contribution is -0.128. The van der Waals surface area contributed by atoms with Crippen LogP contribution < -0.4 is 5.32 Å². The van der Waals surface area contributed by atoms with Crippen LogP contribution in [0.5, 0.6) is 0 Å². The van der Waals surface area contributed by atoms with Gasteiger partial charge in [0.25, 0.3) is 0 Å². The molecule has 1 N–H and O–H groups in total. The Kier molecular flexibility index (Phi) is 5.01. The molecule has 1 fully saturated rings. The van der Waals surface area contributed by atoms with Crippen molar-refractivity contribution in [3.63, 3.8) is 0 Å². The predicted molar refractivity (Wildman–Crippen MR) is 103 cm³/mol. The van der Waals surface area contributed by atoms with E-state index in [1.54, 1.807) is 0 Å². The SMILES string of the molecule is Cc1cccc(-c2noc([C@@H](Cc3ccccc3)NC(=O)C3CCC3)n2)c1. The Hall–Kier alpha value is -2.95. The summed E-state index contributed by atoms with van der Waals surface area (Å²) in [7, 11) is 0. The lowest BCUT2D eigenvalue weighted by Crippen LogP contribution is -2.37. The number of hydrogen-bond acceptors (Lipinski definition) is 4. The molecule has 5 nitrogen and oxygen atoms in total. The smallest absolute Gasteiger partial charge is 0.249 e. The van der Waals surface area contributed by atoms with Gasteiger partial charge in [-0.25, -0.2) is 0 Å². The van der Waals surface area contributed by atoms with Gasteiger partial charge >= 0.3 is 0 Å².